The van der Waals surface area contributed by atoms with Crippen LogP contribution in [0.3, 0.4) is 0 Å². The maximum Gasteiger partial charge on any atom is 0.723 e. The fourth-order valence-electron chi connectivity index (χ4n) is 1.43. The van der Waals surface area contributed by atoms with E-state index in [1.807, 2.05) is 0 Å². The first-order valence-electron chi connectivity index (χ1n) is 5.85. The molecule has 0 saturated heterocycles. The van der Waals surface area contributed by atoms with Gasteiger partial charge in [-0.3, -0.25) is 50.6 Å². The Balaban J connectivity index is 5.72. The Hall–Kier alpha value is -3.80. The molecule has 0 spiro atoms. The summed E-state index contributed by atoms with van der Waals surface area (Å²) in [5.41, 5.74) is -2.95. The Kier molecular flexibility index (Phi) is 6.09. The van der Waals surface area contributed by atoms with Crippen molar-refractivity contribution in [3.05, 3.63) is 60.7 Å². The first-order chi connectivity index (χ1) is 11.2. The molecular formula is C6H9N7O12. The van der Waals surface area contributed by atoms with E-state index in [2.05, 4.69) is 0 Å². The van der Waals surface area contributed by atoms with Crippen LogP contribution >= 0.6 is 0 Å². The summed E-state index contributed by atoms with van der Waals surface area (Å²) in [6.07, 6.45) is -1.21. The van der Waals surface area contributed by atoms with Crippen LogP contribution < -0.4 is 0 Å². The first-order valence-corrected chi connectivity index (χ1v) is 5.85. The van der Waals surface area contributed by atoms with E-state index in [0.29, 0.717) is 6.92 Å². The van der Waals surface area contributed by atoms with Gasteiger partial charge in [-0.25, -0.2) is 10.1 Å². The zero-order valence-electron chi connectivity index (χ0n) is 12.2. The van der Waals surface area contributed by atoms with Crippen molar-refractivity contribution in [2.75, 3.05) is 13.1 Å². The van der Waals surface area contributed by atoms with Crippen molar-refractivity contribution in [1.29, 1.82) is 0 Å². The molecule has 0 fully saturated rings. The molecule has 0 bridgehead atoms. The Labute approximate surface area is 134 Å². The van der Waals surface area contributed by atoms with E-state index in [-0.39, 0.29) is 0 Å². The molecule has 0 aliphatic carbocycles. The Morgan fingerprint density at radius 1 is 0.720 bits per heavy atom. The molecule has 0 aliphatic heterocycles. The molecule has 0 atom stereocenters. The molecule has 19 heteroatoms. The molecule has 0 amide bonds. The summed E-state index contributed by atoms with van der Waals surface area (Å²) in [5.74, 6) is -4.23. The van der Waals surface area contributed by atoms with Crippen LogP contribution in [0.25, 0.3) is 0 Å². The average Bonchev–Trinajstić information content (AvgIpc) is 2.44. The lowest BCUT2D eigenvalue weighted by Gasteiger charge is -2.17. The molecule has 0 rings (SSSR count). The Bertz CT molecular complexity index is 581. The monoisotopic (exact) mass is 371 g/mol. The smallest absolute Gasteiger partial charge is 0.258 e. The highest BCUT2D eigenvalue weighted by molar-refractivity contribution is 4.65. The molecule has 0 unspecified atom stereocenters. The van der Waals surface area contributed by atoms with E-state index in [1.165, 1.54) is 0 Å². The van der Waals surface area contributed by atoms with Crippen molar-refractivity contribution in [3.63, 3.8) is 0 Å². The van der Waals surface area contributed by atoms with Crippen molar-refractivity contribution in [2.24, 2.45) is 0 Å². The quantitative estimate of drug-likeness (QED) is 0.230. The summed E-state index contributed by atoms with van der Waals surface area (Å²) in [4.78, 5) is 55.7. The second-order valence-corrected chi connectivity index (χ2v) is 4.65. The number of hydrazine groups is 1. The Morgan fingerprint density at radius 3 is 1.32 bits per heavy atom. The SMILES string of the molecule is CC(CCN(CC([N+](=O)[O-])([N+](=O)[O-])[N+](=O)[O-])[N+](=O)[O-])([N+](=O)[O-])[N+](=O)[O-]. The molecular weight excluding hydrogens is 362 g/mol. The largest absolute Gasteiger partial charge is 0.723 e. The van der Waals surface area contributed by atoms with Crippen LogP contribution in [-0.2, 0) is 0 Å². The van der Waals surface area contributed by atoms with Crippen molar-refractivity contribution in [2.45, 2.75) is 24.8 Å². The molecule has 0 aliphatic rings. The summed E-state index contributed by atoms with van der Waals surface area (Å²) in [5, 5.41) is 62.5. The van der Waals surface area contributed by atoms with Gasteiger partial charge < -0.3 is 0 Å². The van der Waals surface area contributed by atoms with E-state index in [9.17, 15) is 60.7 Å². The highest BCUT2D eigenvalue weighted by Gasteiger charge is 2.73. The third-order valence-electron chi connectivity index (χ3n) is 3.13. The van der Waals surface area contributed by atoms with Crippen molar-refractivity contribution >= 4 is 0 Å². The van der Waals surface area contributed by atoms with Crippen LogP contribution in [0.2, 0.25) is 0 Å². The zero-order valence-corrected chi connectivity index (χ0v) is 12.2. The second-order valence-electron chi connectivity index (χ2n) is 4.65. The van der Waals surface area contributed by atoms with Gasteiger partial charge in [0.15, 0.2) is 19.8 Å². The third-order valence-corrected chi connectivity index (χ3v) is 3.13. The molecule has 140 valence electrons. The van der Waals surface area contributed by atoms with E-state index in [4.69, 9.17) is 0 Å². The number of rotatable bonds is 11. The van der Waals surface area contributed by atoms with Gasteiger partial charge in [-0.15, -0.1) is 5.01 Å². The number of nitrogens with zero attached hydrogens (tertiary/aromatic N) is 7. The maximum atomic E-state index is 10.8. The fraction of sp³-hybridized carbons (Fsp3) is 1.00. The van der Waals surface area contributed by atoms with Crippen LogP contribution in [0, 0.1) is 60.7 Å². The van der Waals surface area contributed by atoms with Crippen LogP contribution in [0.15, 0.2) is 0 Å². The number of hydrogen-bond donors (Lipinski definition) is 0. The normalized spacial score (nSPS) is 11.4. The summed E-state index contributed by atoms with van der Waals surface area (Å²) in [6.45, 7) is -2.81. The lowest BCUT2D eigenvalue weighted by molar-refractivity contribution is -0.973. The maximum absolute atomic E-state index is 10.8. The zero-order chi connectivity index (χ0) is 20.2. The number of nitro groups is 6. The topological polar surface area (TPSA) is 262 Å². The van der Waals surface area contributed by atoms with Gasteiger partial charge in [0, 0.05) is 0 Å². The van der Waals surface area contributed by atoms with Gasteiger partial charge in [-0.1, -0.05) is 0 Å². The average molecular weight is 371 g/mol. The van der Waals surface area contributed by atoms with Gasteiger partial charge in [0.2, 0.25) is 0 Å². The van der Waals surface area contributed by atoms with Gasteiger partial charge in [0.1, 0.15) is 6.42 Å². The minimum atomic E-state index is -4.23. The van der Waals surface area contributed by atoms with Gasteiger partial charge in [-0.2, -0.15) is 0 Å². The van der Waals surface area contributed by atoms with Gasteiger partial charge in [0.25, 0.3) is 6.54 Å². The third kappa shape index (κ3) is 3.94. The minimum absolute atomic E-state index is 0.431. The molecule has 0 aromatic heterocycles. The second kappa shape index (κ2) is 7.18. The summed E-state index contributed by atoms with van der Waals surface area (Å²) < 4.78 is 0. The van der Waals surface area contributed by atoms with Crippen molar-refractivity contribution in [1.82, 2.24) is 5.01 Å². The van der Waals surface area contributed by atoms with Crippen molar-refractivity contribution < 1.29 is 29.6 Å². The van der Waals surface area contributed by atoms with Crippen molar-refractivity contribution in [3.8, 4) is 0 Å². The molecule has 0 radical (unpaired) electrons. The predicted molar refractivity (Wildman–Crippen MR) is 69.3 cm³/mol. The lowest BCUT2D eigenvalue weighted by Crippen LogP contribution is -2.61. The predicted octanol–water partition coefficient (Wildman–Crippen LogP) is -1.38. The van der Waals surface area contributed by atoms with Gasteiger partial charge in [0.05, 0.1) is 23.3 Å². The van der Waals surface area contributed by atoms with Crippen LogP contribution in [0.4, 0.5) is 0 Å². The molecule has 25 heavy (non-hydrogen) atoms. The van der Waals surface area contributed by atoms with E-state index < -0.39 is 65.6 Å². The van der Waals surface area contributed by atoms with E-state index in [1.54, 1.807) is 0 Å². The van der Waals surface area contributed by atoms with E-state index in [0.717, 1.165) is 0 Å². The molecule has 0 aromatic carbocycles. The summed E-state index contributed by atoms with van der Waals surface area (Å²) in [7, 11) is 0. The lowest BCUT2D eigenvalue weighted by atomic mass is 10.1. The molecule has 0 N–H and O–H groups in total. The highest BCUT2D eigenvalue weighted by Crippen LogP contribution is 2.19. The number of hydrogen-bond acceptors (Lipinski definition) is 12. The first kappa shape index (κ1) is 21.2. The summed E-state index contributed by atoms with van der Waals surface area (Å²) >= 11 is 0. The van der Waals surface area contributed by atoms with Crippen LogP contribution in [0.5, 0.6) is 0 Å². The summed E-state index contributed by atoms with van der Waals surface area (Å²) in [6, 6.07) is 0. The Morgan fingerprint density at radius 2 is 1.08 bits per heavy atom. The minimum Gasteiger partial charge on any atom is -0.258 e. The van der Waals surface area contributed by atoms with Crippen LogP contribution in [0.1, 0.15) is 13.3 Å². The molecule has 0 aromatic rings. The van der Waals surface area contributed by atoms with Crippen LogP contribution in [-0.4, -0.2) is 59.2 Å². The molecule has 19 nitrogen and oxygen atoms in total. The molecule has 0 saturated carbocycles. The van der Waals surface area contributed by atoms with Gasteiger partial charge in [-0.05, 0) is 0 Å². The molecule has 0 heterocycles. The fourth-order valence-corrected chi connectivity index (χ4v) is 1.43. The highest BCUT2D eigenvalue weighted by atomic mass is 16.7. The van der Waals surface area contributed by atoms with Gasteiger partial charge >= 0.3 is 11.4 Å². The standard InChI is InChI=1S/C6H9N7O12/c1-5(8(14)15,9(16)17)2-3-7(13(24)25)4-6(10(18)19,11(20)21)12(22)23/h2-4H2,1H3. The van der Waals surface area contributed by atoms with E-state index >= 15 is 0 Å².